The molecule has 5 heteroatoms. The molecule has 3 aromatic rings. The van der Waals surface area contributed by atoms with Gasteiger partial charge in [0, 0.05) is 30.4 Å². The van der Waals surface area contributed by atoms with Crippen LogP contribution in [0.4, 0.5) is 11.5 Å². The Hall–Kier alpha value is -1.85. The number of rotatable bonds is 5. The molecule has 20 heavy (non-hydrogen) atoms. The third-order valence-corrected chi connectivity index (χ3v) is 4.08. The van der Waals surface area contributed by atoms with Gasteiger partial charge in [-0.15, -0.1) is 11.3 Å². The highest BCUT2D eigenvalue weighted by Gasteiger charge is 2.18. The van der Waals surface area contributed by atoms with E-state index < -0.39 is 0 Å². The maximum Gasteiger partial charge on any atom is 0.195 e. The van der Waals surface area contributed by atoms with E-state index in [2.05, 4.69) is 57.4 Å². The quantitative estimate of drug-likeness (QED) is 0.781. The van der Waals surface area contributed by atoms with Crippen LogP contribution in [0.2, 0.25) is 0 Å². The predicted octanol–water partition coefficient (Wildman–Crippen LogP) is 3.27. The molecule has 1 aromatic carbocycles. The summed E-state index contributed by atoms with van der Waals surface area (Å²) >= 11 is 1.67. The van der Waals surface area contributed by atoms with Crippen LogP contribution in [0.15, 0.2) is 41.9 Å². The van der Waals surface area contributed by atoms with Gasteiger partial charge in [-0.1, -0.05) is 18.2 Å². The molecular weight excluding hydrogens is 268 g/mol. The SMILES string of the molecule is CCN(c1ccccc1)c1nc2sccn2c1CNC. The van der Waals surface area contributed by atoms with Crippen LogP contribution >= 0.6 is 11.3 Å². The highest BCUT2D eigenvalue weighted by molar-refractivity contribution is 7.15. The van der Waals surface area contributed by atoms with Crippen LogP contribution < -0.4 is 10.2 Å². The van der Waals surface area contributed by atoms with Gasteiger partial charge in [0.2, 0.25) is 0 Å². The molecule has 104 valence electrons. The Bertz CT molecular complexity index is 686. The zero-order valence-corrected chi connectivity index (χ0v) is 12.5. The van der Waals surface area contributed by atoms with E-state index in [1.54, 1.807) is 11.3 Å². The molecule has 0 spiro atoms. The molecule has 0 radical (unpaired) electrons. The third kappa shape index (κ3) is 2.19. The Morgan fingerprint density at radius 1 is 1.30 bits per heavy atom. The fourth-order valence-electron chi connectivity index (χ4n) is 2.43. The monoisotopic (exact) mass is 286 g/mol. The second-order valence-corrected chi connectivity index (χ2v) is 5.42. The largest absolute Gasteiger partial charge is 0.325 e. The summed E-state index contributed by atoms with van der Waals surface area (Å²) in [5.41, 5.74) is 2.38. The summed E-state index contributed by atoms with van der Waals surface area (Å²) in [6, 6.07) is 10.4. The van der Waals surface area contributed by atoms with Crippen LogP contribution in [0, 0.1) is 0 Å². The lowest BCUT2D eigenvalue weighted by molar-refractivity contribution is 0.779. The molecular formula is C15H18N4S. The number of nitrogens with one attached hydrogen (secondary N) is 1. The maximum atomic E-state index is 4.81. The van der Waals surface area contributed by atoms with Gasteiger partial charge in [-0.2, -0.15) is 0 Å². The predicted molar refractivity (Wildman–Crippen MR) is 85.0 cm³/mol. The summed E-state index contributed by atoms with van der Waals surface area (Å²) < 4.78 is 2.17. The summed E-state index contributed by atoms with van der Waals surface area (Å²) in [7, 11) is 1.97. The first-order valence-corrected chi connectivity index (χ1v) is 7.64. The van der Waals surface area contributed by atoms with E-state index in [1.165, 1.54) is 11.4 Å². The molecule has 0 fully saturated rings. The van der Waals surface area contributed by atoms with Gasteiger partial charge in [0.25, 0.3) is 0 Å². The number of nitrogens with zero attached hydrogens (tertiary/aromatic N) is 3. The normalized spacial score (nSPS) is 11.1. The topological polar surface area (TPSA) is 32.6 Å². The zero-order chi connectivity index (χ0) is 13.9. The van der Waals surface area contributed by atoms with Crippen LogP contribution in [0.3, 0.4) is 0 Å². The molecule has 0 unspecified atom stereocenters. The average Bonchev–Trinajstić information content (AvgIpc) is 3.05. The molecule has 0 aliphatic carbocycles. The first-order chi connectivity index (χ1) is 9.85. The van der Waals surface area contributed by atoms with Crippen molar-refractivity contribution >= 4 is 27.8 Å². The van der Waals surface area contributed by atoms with E-state index in [1.807, 2.05) is 13.1 Å². The Balaban J connectivity index is 2.11. The first-order valence-electron chi connectivity index (χ1n) is 6.76. The number of thiazole rings is 1. The van der Waals surface area contributed by atoms with Gasteiger partial charge in [-0.05, 0) is 26.1 Å². The number of anilines is 2. The molecule has 1 N–H and O–H groups in total. The van der Waals surface area contributed by atoms with Gasteiger partial charge in [-0.25, -0.2) is 4.98 Å². The minimum atomic E-state index is 0.802. The molecule has 0 aliphatic heterocycles. The lowest BCUT2D eigenvalue weighted by Gasteiger charge is -2.22. The van der Waals surface area contributed by atoms with Gasteiger partial charge in [0.05, 0.1) is 5.69 Å². The number of benzene rings is 1. The van der Waals surface area contributed by atoms with Gasteiger partial charge >= 0.3 is 0 Å². The summed E-state index contributed by atoms with van der Waals surface area (Å²) in [5, 5.41) is 5.31. The van der Waals surface area contributed by atoms with E-state index in [9.17, 15) is 0 Å². The second-order valence-electron chi connectivity index (χ2n) is 4.55. The summed E-state index contributed by atoms with van der Waals surface area (Å²) in [5.74, 6) is 1.04. The minimum Gasteiger partial charge on any atom is -0.325 e. The molecule has 0 aliphatic rings. The lowest BCUT2D eigenvalue weighted by atomic mass is 10.2. The summed E-state index contributed by atoms with van der Waals surface area (Å²) in [6.07, 6.45) is 2.09. The fourth-order valence-corrected chi connectivity index (χ4v) is 3.16. The van der Waals surface area contributed by atoms with Gasteiger partial charge in [0.15, 0.2) is 10.8 Å². The molecule has 0 saturated heterocycles. The average molecular weight is 286 g/mol. The number of hydrogen-bond donors (Lipinski definition) is 1. The Kier molecular flexibility index (Phi) is 3.71. The van der Waals surface area contributed by atoms with Crippen molar-refractivity contribution in [2.75, 3.05) is 18.5 Å². The van der Waals surface area contributed by atoms with Crippen LogP contribution in [0.5, 0.6) is 0 Å². The highest BCUT2D eigenvalue weighted by atomic mass is 32.1. The molecule has 0 atom stereocenters. The minimum absolute atomic E-state index is 0.802. The van der Waals surface area contributed by atoms with E-state index in [-0.39, 0.29) is 0 Å². The van der Waals surface area contributed by atoms with Gasteiger partial charge < -0.3 is 10.2 Å². The summed E-state index contributed by atoms with van der Waals surface area (Å²) in [6.45, 7) is 3.85. The van der Waals surface area contributed by atoms with E-state index >= 15 is 0 Å². The van der Waals surface area contributed by atoms with Gasteiger partial charge in [-0.3, -0.25) is 4.40 Å². The van der Waals surface area contributed by atoms with Crippen LogP contribution in [-0.2, 0) is 6.54 Å². The van der Waals surface area contributed by atoms with E-state index in [0.717, 1.165) is 23.9 Å². The number of hydrogen-bond acceptors (Lipinski definition) is 4. The van der Waals surface area contributed by atoms with Gasteiger partial charge in [0.1, 0.15) is 0 Å². The van der Waals surface area contributed by atoms with E-state index in [4.69, 9.17) is 4.98 Å². The smallest absolute Gasteiger partial charge is 0.195 e. The molecule has 3 rings (SSSR count). The standard InChI is InChI=1S/C15H18N4S/c1-3-18(12-7-5-4-6-8-12)14-13(11-16-2)19-9-10-20-15(19)17-14/h4-10,16H,3,11H2,1-2H3. The number of para-hydroxylation sites is 1. The number of imidazole rings is 1. The van der Waals surface area contributed by atoms with Crippen molar-refractivity contribution in [1.29, 1.82) is 0 Å². The van der Waals surface area contributed by atoms with Crippen LogP contribution in [0.25, 0.3) is 4.96 Å². The first kappa shape index (κ1) is 13.1. The van der Waals surface area contributed by atoms with Crippen molar-refractivity contribution in [3.05, 3.63) is 47.6 Å². The Morgan fingerprint density at radius 3 is 2.80 bits per heavy atom. The van der Waals surface area contributed by atoms with Crippen LogP contribution in [0.1, 0.15) is 12.6 Å². The lowest BCUT2D eigenvalue weighted by Crippen LogP contribution is -2.20. The second kappa shape index (κ2) is 5.64. The highest BCUT2D eigenvalue weighted by Crippen LogP contribution is 2.30. The van der Waals surface area contributed by atoms with E-state index in [0.29, 0.717) is 0 Å². The van der Waals surface area contributed by atoms with Crippen molar-refractivity contribution in [3.8, 4) is 0 Å². The zero-order valence-electron chi connectivity index (χ0n) is 11.7. The maximum absolute atomic E-state index is 4.81. The van der Waals surface area contributed by atoms with Crippen molar-refractivity contribution < 1.29 is 0 Å². The molecule has 4 nitrogen and oxygen atoms in total. The summed E-state index contributed by atoms with van der Waals surface area (Å²) in [4.78, 5) is 8.10. The molecule has 2 aromatic heterocycles. The Labute approximate surface area is 122 Å². The number of aromatic nitrogens is 2. The molecule has 0 bridgehead atoms. The van der Waals surface area contributed by atoms with Crippen molar-refractivity contribution in [1.82, 2.24) is 14.7 Å². The van der Waals surface area contributed by atoms with Crippen LogP contribution in [-0.4, -0.2) is 23.0 Å². The van der Waals surface area contributed by atoms with Crippen molar-refractivity contribution in [2.45, 2.75) is 13.5 Å². The van der Waals surface area contributed by atoms with Crippen molar-refractivity contribution in [2.24, 2.45) is 0 Å². The van der Waals surface area contributed by atoms with Crippen molar-refractivity contribution in [3.63, 3.8) is 0 Å². The fraction of sp³-hybridized carbons (Fsp3) is 0.267. The molecule has 0 saturated carbocycles. The number of fused-ring (bicyclic) bond motifs is 1. The third-order valence-electron chi connectivity index (χ3n) is 3.32. The molecule has 0 amide bonds. The molecule has 2 heterocycles. The Morgan fingerprint density at radius 2 is 2.10 bits per heavy atom.